The highest BCUT2D eigenvalue weighted by Crippen LogP contribution is 2.23. The predicted molar refractivity (Wildman–Crippen MR) is 128 cm³/mol. The van der Waals surface area contributed by atoms with Gasteiger partial charge in [-0.25, -0.2) is 0 Å². The second kappa shape index (κ2) is 15.9. The molecule has 0 heterocycles. The van der Waals surface area contributed by atoms with Crippen LogP contribution in [0.2, 0.25) is 0 Å². The maximum atomic E-state index is 6.30. The quantitative estimate of drug-likeness (QED) is 0.202. The van der Waals surface area contributed by atoms with Gasteiger partial charge >= 0.3 is 0 Å². The summed E-state index contributed by atoms with van der Waals surface area (Å²) in [6.07, 6.45) is 19.6. The van der Waals surface area contributed by atoms with Crippen molar-refractivity contribution in [2.24, 2.45) is 5.73 Å². The summed E-state index contributed by atoms with van der Waals surface area (Å²) in [5.41, 5.74) is 8.83. The van der Waals surface area contributed by atoms with Crippen LogP contribution < -0.4 is 5.73 Å². The SMILES string of the molecule is CCCCCCCCCCCCCCCc1ccccc1C(C)(C)N.I. The molecule has 2 heteroatoms. The van der Waals surface area contributed by atoms with Crippen molar-refractivity contribution in [2.45, 2.75) is 116 Å². The van der Waals surface area contributed by atoms with E-state index < -0.39 is 0 Å². The van der Waals surface area contributed by atoms with Crippen LogP contribution in [-0.2, 0) is 12.0 Å². The van der Waals surface area contributed by atoms with Gasteiger partial charge in [-0.1, -0.05) is 108 Å². The van der Waals surface area contributed by atoms with Gasteiger partial charge in [0.1, 0.15) is 0 Å². The van der Waals surface area contributed by atoms with E-state index in [9.17, 15) is 0 Å². The van der Waals surface area contributed by atoms with E-state index in [0.717, 1.165) is 0 Å². The van der Waals surface area contributed by atoms with Gasteiger partial charge in [0, 0.05) is 5.54 Å². The highest BCUT2D eigenvalue weighted by molar-refractivity contribution is 14.0. The molecule has 0 aliphatic rings. The largest absolute Gasteiger partial charge is 0.322 e. The molecule has 152 valence electrons. The first-order chi connectivity index (χ1) is 12.1. The van der Waals surface area contributed by atoms with Crippen molar-refractivity contribution in [3.63, 3.8) is 0 Å². The van der Waals surface area contributed by atoms with Crippen molar-refractivity contribution < 1.29 is 0 Å². The zero-order valence-corrected chi connectivity index (χ0v) is 20.0. The van der Waals surface area contributed by atoms with Crippen LogP contribution >= 0.6 is 24.0 Å². The number of unbranched alkanes of at least 4 members (excludes halogenated alkanes) is 12. The van der Waals surface area contributed by atoms with Gasteiger partial charge in [-0.15, -0.1) is 24.0 Å². The van der Waals surface area contributed by atoms with Gasteiger partial charge in [0.05, 0.1) is 0 Å². The fourth-order valence-electron chi connectivity index (χ4n) is 3.70. The third-order valence-corrected chi connectivity index (χ3v) is 5.26. The third kappa shape index (κ3) is 12.3. The summed E-state index contributed by atoms with van der Waals surface area (Å²) < 4.78 is 0. The Balaban J connectivity index is 0.00000625. The van der Waals surface area contributed by atoms with Crippen LogP contribution in [0.15, 0.2) is 24.3 Å². The second-order valence-corrected chi connectivity index (χ2v) is 8.37. The van der Waals surface area contributed by atoms with Crippen molar-refractivity contribution in [3.05, 3.63) is 35.4 Å². The maximum absolute atomic E-state index is 6.30. The standard InChI is InChI=1S/C24H43N.HI/c1-4-5-6-7-8-9-10-11-12-13-14-15-16-19-22-20-17-18-21-23(22)24(2,3)25;/h17-18,20-21H,4-16,19,25H2,1-3H3;1H. The lowest BCUT2D eigenvalue weighted by molar-refractivity contribution is 0.533. The number of benzene rings is 1. The lowest BCUT2D eigenvalue weighted by Gasteiger charge is -2.23. The summed E-state index contributed by atoms with van der Waals surface area (Å²) in [6, 6.07) is 8.70. The molecule has 0 amide bonds. The number of aryl methyl sites for hydroxylation is 1. The van der Waals surface area contributed by atoms with E-state index in [2.05, 4.69) is 45.0 Å². The monoisotopic (exact) mass is 473 g/mol. The van der Waals surface area contributed by atoms with Gasteiger partial charge in [-0.2, -0.15) is 0 Å². The molecule has 0 atom stereocenters. The first-order valence-corrected chi connectivity index (χ1v) is 10.9. The first-order valence-electron chi connectivity index (χ1n) is 10.9. The van der Waals surface area contributed by atoms with Gasteiger partial charge in [0.25, 0.3) is 0 Å². The minimum absolute atomic E-state index is 0. The van der Waals surface area contributed by atoms with Crippen LogP contribution in [0.1, 0.15) is 115 Å². The zero-order valence-electron chi connectivity index (χ0n) is 17.7. The van der Waals surface area contributed by atoms with E-state index in [1.165, 1.54) is 101 Å². The molecule has 0 aromatic heterocycles. The van der Waals surface area contributed by atoms with Gasteiger partial charge in [-0.05, 0) is 37.8 Å². The van der Waals surface area contributed by atoms with E-state index in [4.69, 9.17) is 5.73 Å². The number of hydrogen-bond acceptors (Lipinski definition) is 1. The predicted octanol–water partition coefficient (Wildman–Crippen LogP) is 8.13. The first kappa shape index (κ1) is 25.9. The molecular formula is C24H44IN. The van der Waals surface area contributed by atoms with Crippen molar-refractivity contribution in [3.8, 4) is 0 Å². The van der Waals surface area contributed by atoms with E-state index in [-0.39, 0.29) is 29.5 Å². The van der Waals surface area contributed by atoms with Crippen LogP contribution in [0.5, 0.6) is 0 Å². The van der Waals surface area contributed by atoms with Crippen LogP contribution in [-0.4, -0.2) is 0 Å². The molecule has 0 aliphatic carbocycles. The lowest BCUT2D eigenvalue weighted by atomic mass is 9.89. The second-order valence-electron chi connectivity index (χ2n) is 8.37. The molecule has 0 bridgehead atoms. The summed E-state index contributed by atoms with van der Waals surface area (Å²) in [5.74, 6) is 0. The molecule has 0 unspecified atom stereocenters. The van der Waals surface area contributed by atoms with E-state index in [1.54, 1.807) is 0 Å². The van der Waals surface area contributed by atoms with Gasteiger partial charge in [0.15, 0.2) is 0 Å². The number of rotatable bonds is 15. The van der Waals surface area contributed by atoms with Gasteiger partial charge in [0.2, 0.25) is 0 Å². The Morgan fingerprint density at radius 3 is 1.58 bits per heavy atom. The molecular weight excluding hydrogens is 429 g/mol. The van der Waals surface area contributed by atoms with Gasteiger partial charge in [-0.3, -0.25) is 0 Å². The van der Waals surface area contributed by atoms with Crippen molar-refractivity contribution in [1.82, 2.24) is 0 Å². The molecule has 0 fully saturated rings. The smallest absolute Gasteiger partial charge is 0.0355 e. The summed E-state index contributed by atoms with van der Waals surface area (Å²) in [5, 5.41) is 0. The Labute approximate surface area is 180 Å². The summed E-state index contributed by atoms with van der Waals surface area (Å²) in [7, 11) is 0. The highest BCUT2D eigenvalue weighted by Gasteiger charge is 2.17. The Kier molecular flexibility index (Phi) is 15.9. The zero-order chi connectivity index (χ0) is 18.4. The van der Waals surface area contributed by atoms with Gasteiger partial charge < -0.3 is 5.73 Å². The molecule has 26 heavy (non-hydrogen) atoms. The molecule has 1 aromatic carbocycles. The minimum Gasteiger partial charge on any atom is -0.322 e. The number of hydrogen-bond donors (Lipinski definition) is 1. The van der Waals surface area contributed by atoms with E-state index >= 15 is 0 Å². The van der Waals surface area contributed by atoms with Crippen molar-refractivity contribution >= 4 is 24.0 Å². The summed E-state index contributed by atoms with van der Waals surface area (Å²) >= 11 is 0. The Morgan fingerprint density at radius 2 is 1.12 bits per heavy atom. The Bertz CT molecular complexity index is 436. The molecule has 0 aliphatic heterocycles. The molecule has 0 saturated carbocycles. The number of nitrogens with two attached hydrogens (primary N) is 1. The average molecular weight is 474 g/mol. The van der Waals surface area contributed by atoms with Crippen LogP contribution in [0.25, 0.3) is 0 Å². The molecule has 1 rings (SSSR count). The fourth-order valence-corrected chi connectivity index (χ4v) is 3.70. The van der Waals surface area contributed by atoms with Crippen LogP contribution in [0.4, 0.5) is 0 Å². The van der Waals surface area contributed by atoms with Crippen LogP contribution in [0, 0.1) is 0 Å². The average Bonchev–Trinajstić information content (AvgIpc) is 2.58. The topological polar surface area (TPSA) is 26.0 Å². The van der Waals surface area contributed by atoms with Crippen molar-refractivity contribution in [2.75, 3.05) is 0 Å². The lowest BCUT2D eigenvalue weighted by Crippen LogP contribution is -2.30. The Morgan fingerprint density at radius 1 is 0.692 bits per heavy atom. The van der Waals surface area contributed by atoms with Crippen molar-refractivity contribution in [1.29, 1.82) is 0 Å². The minimum atomic E-state index is -0.229. The molecule has 0 radical (unpaired) electrons. The highest BCUT2D eigenvalue weighted by atomic mass is 127. The molecule has 0 saturated heterocycles. The van der Waals surface area contributed by atoms with Crippen LogP contribution in [0.3, 0.4) is 0 Å². The molecule has 1 nitrogen and oxygen atoms in total. The molecule has 1 aromatic rings. The van der Waals surface area contributed by atoms with E-state index in [0.29, 0.717) is 0 Å². The maximum Gasteiger partial charge on any atom is 0.0355 e. The molecule has 2 N–H and O–H groups in total. The fraction of sp³-hybridized carbons (Fsp3) is 0.750. The normalized spacial score (nSPS) is 11.4. The van der Waals surface area contributed by atoms with E-state index in [1.807, 2.05) is 0 Å². The molecule has 0 spiro atoms. The Hall–Kier alpha value is -0.0900. The number of halogens is 1. The third-order valence-electron chi connectivity index (χ3n) is 5.26. The summed E-state index contributed by atoms with van der Waals surface area (Å²) in [4.78, 5) is 0. The summed E-state index contributed by atoms with van der Waals surface area (Å²) in [6.45, 7) is 6.50.